The fourth-order valence-corrected chi connectivity index (χ4v) is 4.06. The van der Waals surface area contributed by atoms with Gasteiger partial charge in [-0.15, -0.1) is 0 Å². The molecule has 0 saturated carbocycles. The number of hydrogen-bond donors (Lipinski definition) is 1. The molecule has 0 fully saturated rings. The largest absolute Gasteiger partial charge is 1.00 e. The maximum absolute atomic E-state index is 12.6. The topological polar surface area (TPSA) is 37.9 Å². The van der Waals surface area contributed by atoms with Gasteiger partial charge in [-0.25, -0.2) is 9.13 Å². The van der Waals surface area contributed by atoms with E-state index in [1.807, 2.05) is 22.9 Å². The van der Waals surface area contributed by atoms with Crippen LogP contribution in [0.25, 0.3) is 11.3 Å². The summed E-state index contributed by atoms with van der Waals surface area (Å²) in [5, 5.41) is 4.75. The zero-order valence-electron chi connectivity index (χ0n) is 15.1. The normalized spacial score (nSPS) is 12.4. The number of amides is 1. The number of halogens is 5. The molecule has 0 radical (unpaired) electrons. The average molecular weight is 536 g/mol. The molecule has 1 aliphatic heterocycles. The highest BCUT2D eigenvalue weighted by atomic mass is 79.9. The Hall–Kier alpha value is -1.24. The van der Waals surface area contributed by atoms with Crippen LogP contribution in [0.5, 0.6) is 0 Å². The van der Waals surface area contributed by atoms with Gasteiger partial charge in [0.1, 0.15) is 6.20 Å². The molecule has 0 aliphatic carbocycles. The third-order valence-corrected chi connectivity index (χ3v) is 6.20. The molecule has 152 valence electrons. The zero-order chi connectivity index (χ0) is 19.8. The van der Waals surface area contributed by atoms with Crippen molar-refractivity contribution >= 4 is 58.0 Å². The molecule has 29 heavy (non-hydrogen) atoms. The van der Waals surface area contributed by atoms with Crippen molar-refractivity contribution in [3.8, 4) is 11.3 Å². The van der Waals surface area contributed by atoms with Crippen molar-refractivity contribution in [3.63, 3.8) is 0 Å². The molecule has 2 heterocycles. The Kier molecular flexibility index (Phi) is 7.18. The Bertz CT molecular complexity index is 1080. The van der Waals surface area contributed by atoms with E-state index in [0.717, 1.165) is 36.5 Å². The van der Waals surface area contributed by atoms with E-state index in [9.17, 15) is 4.79 Å². The summed E-state index contributed by atoms with van der Waals surface area (Å²) in [6, 6.07) is 10.6. The number of imidazole rings is 1. The van der Waals surface area contributed by atoms with Crippen LogP contribution >= 0.6 is 46.4 Å². The summed E-state index contributed by atoms with van der Waals surface area (Å²) in [7, 11) is 0. The summed E-state index contributed by atoms with van der Waals surface area (Å²) < 4.78 is 4.21. The van der Waals surface area contributed by atoms with Gasteiger partial charge < -0.3 is 22.3 Å². The third kappa shape index (κ3) is 4.75. The number of carbonyl (C=O) groups excluding carboxylic acids is 1. The summed E-state index contributed by atoms with van der Waals surface area (Å²) in [6.07, 6.45) is 3.95. The molecule has 1 amide bonds. The lowest BCUT2D eigenvalue weighted by Crippen LogP contribution is -3.00. The second-order valence-electron chi connectivity index (χ2n) is 6.62. The Balaban J connectivity index is 0.00000240. The van der Waals surface area contributed by atoms with Crippen molar-refractivity contribution in [2.75, 3.05) is 5.32 Å². The van der Waals surface area contributed by atoms with Crippen LogP contribution < -0.4 is 26.9 Å². The van der Waals surface area contributed by atoms with Crippen molar-refractivity contribution < 1.29 is 26.3 Å². The second-order valence-corrected chi connectivity index (χ2v) is 8.25. The fraction of sp³-hybridized carbons (Fsp3) is 0.200. The summed E-state index contributed by atoms with van der Waals surface area (Å²) in [5.41, 5.74) is 2.61. The Morgan fingerprint density at radius 2 is 1.69 bits per heavy atom. The maximum atomic E-state index is 12.6. The van der Waals surface area contributed by atoms with Gasteiger partial charge in [0.15, 0.2) is 12.2 Å². The highest BCUT2D eigenvalue weighted by Gasteiger charge is 2.29. The van der Waals surface area contributed by atoms with E-state index in [1.54, 1.807) is 24.3 Å². The minimum atomic E-state index is -0.135. The van der Waals surface area contributed by atoms with Crippen LogP contribution in [0.4, 0.5) is 5.69 Å². The van der Waals surface area contributed by atoms with Crippen LogP contribution in [0.1, 0.15) is 12.2 Å². The molecule has 1 aliphatic rings. The average Bonchev–Trinajstić information content (AvgIpc) is 3.25. The molecule has 1 N–H and O–H groups in total. The predicted molar refractivity (Wildman–Crippen MR) is 113 cm³/mol. The van der Waals surface area contributed by atoms with Gasteiger partial charge in [-0.2, -0.15) is 0 Å². The lowest BCUT2D eigenvalue weighted by Gasteiger charge is -2.05. The van der Waals surface area contributed by atoms with E-state index in [2.05, 4.69) is 9.88 Å². The molecule has 4 rings (SSSR count). The smallest absolute Gasteiger partial charge is 0.266 e. The summed E-state index contributed by atoms with van der Waals surface area (Å²) in [4.78, 5) is 12.6. The molecule has 4 nitrogen and oxygen atoms in total. The van der Waals surface area contributed by atoms with Gasteiger partial charge >= 0.3 is 0 Å². The van der Waals surface area contributed by atoms with Gasteiger partial charge in [-0.1, -0.05) is 46.4 Å². The number of rotatable bonds is 4. The summed E-state index contributed by atoms with van der Waals surface area (Å²) >= 11 is 24.2. The van der Waals surface area contributed by atoms with Crippen LogP contribution in [0.3, 0.4) is 0 Å². The quantitative estimate of drug-likeness (QED) is 0.513. The first-order chi connectivity index (χ1) is 13.4. The highest BCUT2D eigenvalue weighted by molar-refractivity contribution is 6.42. The lowest BCUT2D eigenvalue weighted by atomic mass is 10.1. The Morgan fingerprint density at radius 3 is 2.38 bits per heavy atom. The molecular weight excluding hydrogens is 520 g/mol. The number of nitrogens with zero attached hydrogens (tertiary/aromatic N) is 2. The number of nitrogens with one attached hydrogen (secondary N) is 1. The molecule has 0 unspecified atom stereocenters. The Labute approximate surface area is 199 Å². The molecule has 0 spiro atoms. The predicted octanol–water partition coefficient (Wildman–Crippen LogP) is 2.65. The monoisotopic (exact) mass is 533 g/mol. The number of carbonyl (C=O) groups is 1. The first kappa shape index (κ1) is 22.4. The highest BCUT2D eigenvalue weighted by Crippen LogP contribution is 2.30. The van der Waals surface area contributed by atoms with Crippen LogP contribution in [-0.2, 0) is 24.3 Å². The molecule has 3 aromatic rings. The number of aromatic nitrogens is 2. The van der Waals surface area contributed by atoms with Crippen molar-refractivity contribution in [1.29, 1.82) is 0 Å². The minimum Gasteiger partial charge on any atom is -1.00 e. The number of hydrogen-bond acceptors (Lipinski definition) is 1. The maximum Gasteiger partial charge on any atom is 0.266 e. The van der Waals surface area contributed by atoms with E-state index in [-0.39, 0.29) is 29.4 Å². The van der Waals surface area contributed by atoms with E-state index >= 15 is 0 Å². The molecule has 0 saturated heterocycles. The first-order valence-corrected chi connectivity index (χ1v) is 10.3. The number of fused-ring (bicyclic) bond motifs is 1. The van der Waals surface area contributed by atoms with Gasteiger partial charge in [-0.3, -0.25) is 4.79 Å². The second kappa shape index (κ2) is 9.27. The molecule has 2 aromatic carbocycles. The van der Waals surface area contributed by atoms with Gasteiger partial charge in [0.05, 0.1) is 33.1 Å². The van der Waals surface area contributed by atoms with Crippen molar-refractivity contribution in [2.45, 2.75) is 25.9 Å². The lowest BCUT2D eigenvalue weighted by molar-refractivity contribution is -0.690. The van der Waals surface area contributed by atoms with Gasteiger partial charge in [-0.05, 0) is 42.8 Å². The van der Waals surface area contributed by atoms with Crippen LogP contribution in [0.15, 0.2) is 42.6 Å². The third-order valence-electron chi connectivity index (χ3n) is 4.73. The van der Waals surface area contributed by atoms with Crippen LogP contribution in [0, 0.1) is 0 Å². The van der Waals surface area contributed by atoms with E-state index < -0.39 is 0 Å². The summed E-state index contributed by atoms with van der Waals surface area (Å²) in [5.74, 6) is 0.981. The standard InChI is InChI=1S/C20H15Cl4N3O.BrH/c21-14-5-3-12(8-16(14)23)18-10-26(20-2-1-7-27(18)20)11-19(28)25-13-4-6-15(22)17(24)9-13;/h3-6,8-10H,1-2,7,11H2;1H. The minimum absolute atomic E-state index is 0. The Morgan fingerprint density at radius 1 is 1.00 bits per heavy atom. The van der Waals surface area contributed by atoms with E-state index in [4.69, 9.17) is 46.4 Å². The zero-order valence-corrected chi connectivity index (χ0v) is 19.7. The first-order valence-electron chi connectivity index (χ1n) is 8.74. The van der Waals surface area contributed by atoms with E-state index in [0.29, 0.717) is 25.8 Å². The molecular formula is C20H16BrCl4N3O. The number of anilines is 1. The van der Waals surface area contributed by atoms with Crippen LogP contribution in [0.2, 0.25) is 20.1 Å². The van der Waals surface area contributed by atoms with Gasteiger partial charge in [0.25, 0.3) is 11.7 Å². The van der Waals surface area contributed by atoms with Gasteiger partial charge in [0.2, 0.25) is 0 Å². The van der Waals surface area contributed by atoms with Crippen molar-refractivity contribution in [3.05, 3.63) is 68.5 Å². The van der Waals surface area contributed by atoms with E-state index in [1.165, 1.54) is 0 Å². The number of benzene rings is 2. The van der Waals surface area contributed by atoms with Crippen molar-refractivity contribution in [1.82, 2.24) is 4.57 Å². The van der Waals surface area contributed by atoms with Crippen molar-refractivity contribution in [2.24, 2.45) is 0 Å². The van der Waals surface area contributed by atoms with Gasteiger partial charge in [0, 0.05) is 11.3 Å². The summed E-state index contributed by atoms with van der Waals surface area (Å²) in [6.45, 7) is 1.11. The van der Waals surface area contributed by atoms with Crippen LogP contribution in [-0.4, -0.2) is 10.5 Å². The molecule has 9 heteroatoms. The molecule has 0 bridgehead atoms. The molecule has 0 atom stereocenters. The fourth-order valence-electron chi connectivity index (χ4n) is 3.46. The molecule has 1 aromatic heterocycles. The SMILES string of the molecule is O=C(C[n+]1cc(-c2ccc(Cl)c(Cl)c2)n2c1CCC2)Nc1ccc(Cl)c(Cl)c1.[Br-].